The average molecular weight is 187 g/mol. The van der Waals surface area contributed by atoms with Gasteiger partial charge in [-0.25, -0.2) is 0 Å². The van der Waals surface area contributed by atoms with Crippen LogP contribution in [0.2, 0.25) is 0 Å². The molecular weight excluding hydrogens is 166 g/mol. The third kappa shape index (κ3) is 3.87. The Morgan fingerprint density at radius 1 is 1.38 bits per heavy atom. The number of aliphatic hydroxyl groups excluding tert-OH is 1. The van der Waals surface area contributed by atoms with E-state index in [0.29, 0.717) is 5.78 Å². The van der Waals surface area contributed by atoms with E-state index in [4.69, 9.17) is 5.11 Å². The highest BCUT2D eigenvalue weighted by molar-refractivity contribution is 5.88. The summed E-state index contributed by atoms with van der Waals surface area (Å²) < 4.78 is 0. The summed E-state index contributed by atoms with van der Waals surface area (Å²) >= 11 is 0. The smallest absolute Gasteiger partial charge is 0.155 e. The molecule has 1 aliphatic rings. The van der Waals surface area contributed by atoms with Gasteiger partial charge in [-0.1, -0.05) is 20.8 Å². The van der Waals surface area contributed by atoms with Gasteiger partial charge in [0.05, 0.1) is 6.04 Å². The fourth-order valence-corrected chi connectivity index (χ4v) is 1.43. The molecule has 0 radical (unpaired) electrons. The Morgan fingerprint density at radius 3 is 2.23 bits per heavy atom. The second-order valence-electron chi connectivity index (χ2n) is 4.26. The van der Waals surface area contributed by atoms with E-state index in [0.717, 1.165) is 26.5 Å². The Hall–Kier alpha value is -0.410. The molecule has 0 amide bonds. The first-order valence-electron chi connectivity index (χ1n) is 4.74. The topological polar surface area (TPSA) is 49.3 Å². The molecule has 0 aromatic heterocycles. The van der Waals surface area contributed by atoms with E-state index < -0.39 is 0 Å². The summed E-state index contributed by atoms with van der Waals surface area (Å²) in [6, 6.07) is 0.134. The van der Waals surface area contributed by atoms with Gasteiger partial charge in [0.1, 0.15) is 0 Å². The molecule has 13 heavy (non-hydrogen) atoms. The van der Waals surface area contributed by atoms with Crippen molar-refractivity contribution in [2.24, 2.45) is 5.41 Å². The van der Waals surface area contributed by atoms with Crippen molar-refractivity contribution in [1.82, 2.24) is 5.32 Å². The Labute approximate surface area is 80.5 Å². The maximum absolute atomic E-state index is 11.6. The molecule has 1 rings (SSSR count). The quantitative estimate of drug-likeness (QED) is 0.643. The van der Waals surface area contributed by atoms with Crippen LogP contribution >= 0.6 is 0 Å². The van der Waals surface area contributed by atoms with Crippen molar-refractivity contribution in [2.75, 3.05) is 13.7 Å². The Bertz CT molecular complexity index is 155. The van der Waals surface area contributed by atoms with E-state index in [1.807, 2.05) is 20.8 Å². The Morgan fingerprint density at radius 2 is 1.92 bits per heavy atom. The molecule has 0 aromatic rings. The summed E-state index contributed by atoms with van der Waals surface area (Å²) in [5.74, 6) is 0.356. The molecular formula is C10H21NO2. The monoisotopic (exact) mass is 187 g/mol. The summed E-state index contributed by atoms with van der Waals surface area (Å²) in [5.41, 5.74) is -0.179. The van der Waals surface area contributed by atoms with Crippen LogP contribution in [0.25, 0.3) is 0 Å². The second kappa shape index (κ2) is 5.35. The zero-order valence-corrected chi connectivity index (χ0v) is 9.05. The van der Waals surface area contributed by atoms with Gasteiger partial charge in [-0.15, -0.1) is 0 Å². The zero-order chi connectivity index (χ0) is 10.5. The van der Waals surface area contributed by atoms with Crippen LogP contribution in [0.1, 0.15) is 33.6 Å². The molecule has 0 saturated carbocycles. The number of hydrogen-bond acceptors (Lipinski definition) is 3. The molecule has 1 unspecified atom stereocenters. The van der Waals surface area contributed by atoms with Crippen LogP contribution in [0.3, 0.4) is 0 Å². The highest BCUT2D eigenvalue weighted by atomic mass is 16.2. The SMILES string of the molecule is CC(C)(C)C(=O)C1CCCN1.CO. The lowest BCUT2D eigenvalue weighted by atomic mass is 9.86. The third-order valence-electron chi connectivity index (χ3n) is 2.12. The van der Waals surface area contributed by atoms with Crippen LogP contribution in [0.4, 0.5) is 0 Å². The molecule has 3 heteroatoms. The van der Waals surface area contributed by atoms with Crippen LogP contribution in [-0.2, 0) is 4.79 Å². The van der Waals surface area contributed by atoms with Gasteiger partial charge >= 0.3 is 0 Å². The number of rotatable bonds is 1. The van der Waals surface area contributed by atoms with Crippen LogP contribution in [-0.4, -0.2) is 30.6 Å². The molecule has 3 nitrogen and oxygen atoms in total. The molecule has 1 aliphatic heterocycles. The molecule has 0 bridgehead atoms. The van der Waals surface area contributed by atoms with Crippen LogP contribution in [0.5, 0.6) is 0 Å². The van der Waals surface area contributed by atoms with Gasteiger partial charge in [-0.05, 0) is 19.4 Å². The second-order valence-corrected chi connectivity index (χ2v) is 4.26. The summed E-state index contributed by atoms with van der Waals surface area (Å²) in [6.07, 6.45) is 2.17. The van der Waals surface area contributed by atoms with Crippen molar-refractivity contribution >= 4 is 5.78 Å². The van der Waals surface area contributed by atoms with Crippen molar-refractivity contribution in [2.45, 2.75) is 39.7 Å². The first kappa shape index (κ1) is 12.6. The van der Waals surface area contributed by atoms with Gasteiger partial charge in [0.25, 0.3) is 0 Å². The lowest BCUT2D eigenvalue weighted by Crippen LogP contribution is -2.38. The van der Waals surface area contributed by atoms with E-state index in [-0.39, 0.29) is 11.5 Å². The Kier molecular flexibility index (Phi) is 5.18. The van der Waals surface area contributed by atoms with Crippen LogP contribution < -0.4 is 5.32 Å². The van der Waals surface area contributed by atoms with Crippen LogP contribution in [0, 0.1) is 5.41 Å². The molecule has 0 aromatic carbocycles. The number of ketones is 1. The molecule has 78 valence electrons. The largest absolute Gasteiger partial charge is 0.400 e. The maximum atomic E-state index is 11.6. The van der Waals surface area contributed by atoms with Crippen molar-refractivity contribution in [3.05, 3.63) is 0 Å². The predicted molar refractivity (Wildman–Crippen MR) is 53.6 cm³/mol. The summed E-state index contributed by atoms with van der Waals surface area (Å²) in [7, 11) is 1.00. The van der Waals surface area contributed by atoms with E-state index in [2.05, 4.69) is 5.32 Å². The number of carbonyl (C=O) groups excluding carboxylic acids is 1. The van der Waals surface area contributed by atoms with Gasteiger partial charge in [0, 0.05) is 12.5 Å². The third-order valence-corrected chi connectivity index (χ3v) is 2.12. The highest BCUT2D eigenvalue weighted by Gasteiger charge is 2.30. The minimum atomic E-state index is -0.179. The minimum absolute atomic E-state index is 0.134. The predicted octanol–water partition coefficient (Wildman–Crippen LogP) is 0.962. The highest BCUT2D eigenvalue weighted by Crippen LogP contribution is 2.20. The number of aliphatic hydroxyl groups is 1. The first-order valence-corrected chi connectivity index (χ1v) is 4.74. The number of carbonyl (C=O) groups is 1. The number of Topliss-reactive ketones (excluding diaryl/α,β-unsaturated/α-hetero) is 1. The molecule has 1 saturated heterocycles. The van der Waals surface area contributed by atoms with Crippen LogP contribution in [0.15, 0.2) is 0 Å². The molecule has 2 N–H and O–H groups in total. The number of hydrogen-bond donors (Lipinski definition) is 2. The molecule has 1 atom stereocenters. The fraction of sp³-hybridized carbons (Fsp3) is 0.900. The summed E-state index contributed by atoms with van der Waals surface area (Å²) in [5, 5.41) is 10.2. The zero-order valence-electron chi connectivity index (χ0n) is 9.05. The van der Waals surface area contributed by atoms with E-state index >= 15 is 0 Å². The lowest BCUT2D eigenvalue weighted by molar-refractivity contribution is -0.128. The standard InChI is InChI=1S/C9H17NO.CH4O/c1-9(2,3)8(11)7-5-4-6-10-7;1-2/h7,10H,4-6H2,1-3H3;2H,1H3. The van der Waals surface area contributed by atoms with E-state index in [9.17, 15) is 4.79 Å². The van der Waals surface area contributed by atoms with Crippen molar-refractivity contribution in [3.63, 3.8) is 0 Å². The van der Waals surface area contributed by atoms with Crippen molar-refractivity contribution in [3.8, 4) is 0 Å². The first-order chi connectivity index (χ1) is 6.02. The van der Waals surface area contributed by atoms with Gasteiger partial charge < -0.3 is 10.4 Å². The Balaban J connectivity index is 0.000000671. The van der Waals surface area contributed by atoms with Gasteiger partial charge in [0.2, 0.25) is 0 Å². The lowest BCUT2D eigenvalue weighted by Gasteiger charge is -2.21. The molecule has 1 heterocycles. The maximum Gasteiger partial charge on any atom is 0.155 e. The van der Waals surface area contributed by atoms with Gasteiger partial charge in [-0.3, -0.25) is 4.79 Å². The number of nitrogens with one attached hydrogen (secondary N) is 1. The summed E-state index contributed by atoms with van der Waals surface area (Å²) in [6.45, 7) is 6.95. The van der Waals surface area contributed by atoms with E-state index in [1.54, 1.807) is 0 Å². The van der Waals surface area contributed by atoms with Crippen molar-refractivity contribution in [1.29, 1.82) is 0 Å². The van der Waals surface area contributed by atoms with E-state index in [1.165, 1.54) is 0 Å². The minimum Gasteiger partial charge on any atom is -0.400 e. The molecule has 0 spiro atoms. The van der Waals surface area contributed by atoms with Gasteiger partial charge in [0.15, 0.2) is 5.78 Å². The molecule has 1 fully saturated rings. The van der Waals surface area contributed by atoms with Gasteiger partial charge in [-0.2, -0.15) is 0 Å². The fourth-order valence-electron chi connectivity index (χ4n) is 1.43. The van der Waals surface area contributed by atoms with Crippen molar-refractivity contribution < 1.29 is 9.90 Å². The average Bonchev–Trinajstić information content (AvgIpc) is 2.57. The molecule has 0 aliphatic carbocycles. The summed E-state index contributed by atoms with van der Waals surface area (Å²) in [4.78, 5) is 11.6. The normalized spacial score (nSPS) is 22.1.